The SMILES string of the molecule is CNC(C)c1ccc(N(Cc2cccs2)C(C)C)cc1. The van der Waals surface area contributed by atoms with Crippen molar-refractivity contribution in [2.75, 3.05) is 11.9 Å². The number of anilines is 1. The van der Waals surface area contributed by atoms with Gasteiger partial charge in [-0.05, 0) is 57.0 Å². The maximum absolute atomic E-state index is 3.28. The Bertz CT molecular complexity index is 502. The Morgan fingerprint density at radius 3 is 2.30 bits per heavy atom. The van der Waals surface area contributed by atoms with Crippen LogP contribution in [0.5, 0.6) is 0 Å². The highest BCUT2D eigenvalue weighted by atomic mass is 32.1. The van der Waals surface area contributed by atoms with Gasteiger partial charge in [-0.25, -0.2) is 0 Å². The summed E-state index contributed by atoms with van der Waals surface area (Å²) in [6.07, 6.45) is 0. The van der Waals surface area contributed by atoms with Gasteiger partial charge >= 0.3 is 0 Å². The van der Waals surface area contributed by atoms with E-state index in [-0.39, 0.29) is 0 Å². The first-order valence-corrected chi connectivity index (χ1v) is 8.06. The molecule has 20 heavy (non-hydrogen) atoms. The van der Waals surface area contributed by atoms with Gasteiger partial charge in [0.15, 0.2) is 0 Å². The van der Waals surface area contributed by atoms with Gasteiger partial charge in [0.25, 0.3) is 0 Å². The number of thiophene rings is 1. The molecule has 1 aromatic heterocycles. The summed E-state index contributed by atoms with van der Waals surface area (Å²) in [5.41, 5.74) is 2.62. The fourth-order valence-corrected chi connectivity index (χ4v) is 2.97. The summed E-state index contributed by atoms with van der Waals surface area (Å²) < 4.78 is 0. The lowest BCUT2D eigenvalue weighted by Gasteiger charge is -2.29. The number of nitrogens with zero attached hydrogens (tertiary/aromatic N) is 1. The van der Waals surface area contributed by atoms with E-state index >= 15 is 0 Å². The van der Waals surface area contributed by atoms with Gasteiger partial charge in [0.1, 0.15) is 0 Å². The second kappa shape index (κ2) is 6.91. The summed E-state index contributed by atoms with van der Waals surface area (Å²) in [5, 5.41) is 5.42. The Morgan fingerprint density at radius 2 is 1.80 bits per heavy atom. The molecule has 1 atom stereocenters. The molecular weight excluding hydrogens is 264 g/mol. The molecule has 0 aliphatic rings. The molecule has 2 aromatic rings. The van der Waals surface area contributed by atoms with Crippen LogP contribution >= 0.6 is 11.3 Å². The maximum Gasteiger partial charge on any atom is 0.0525 e. The van der Waals surface area contributed by atoms with Gasteiger partial charge < -0.3 is 10.2 Å². The molecule has 0 radical (unpaired) electrons. The van der Waals surface area contributed by atoms with Crippen LogP contribution in [0.4, 0.5) is 5.69 Å². The standard InChI is InChI=1S/C17H24N2S/c1-13(2)19(12-17-6-5-11-20-17)16-9-7-15(8-10-16)14(3)18-4/h5-11,13-14,18H,12H2,1-4H3. The van der Waals surface area contributed by atoms with E-state index in [0.29, 0.717) is 12.1 Å². The average Bonchev–Trinajstić information content (AvgIpc) is 2.97. The van der Waals surface area contributed by atoms with E-state index in [1.165, 1.54) is 16.1 Å². The summed E-state index contributed by atoms with van der Waals surface area (Å²) in [7, 11) is 2.00. The average molecular weight is 288 g/mol. The first kappa shape index (κ1) is 15.1. The molecule has 1 N–H and O–H groups in total. The highest BCUT2D eigenvalue weighted by molar-refractivity contribution is 7.09. The van der Waals surface area contributed by atoms with E-state index in [2.05, 4.69) is 72.8 Å². The molecule has 0 aliphatic heterocycles. The topological polar surface area (TPSA) is 15.3 Å². The molecule has 0 amide bonds. The number of hydrogen-bond acceptors (Lipinski definition) is 3. The Labute approximate surface area is 126 Å². The van der Waals surface area contributed by atoms with Crippen molar-refractivity contribution in [1.29, 1.82) is 0 Å². The van der Waals surface area contributed by atoms with Gasteiger partial charge in [0, 0.05) is 22.6 Å². The third-order valence-electron chi connectivity index (χ3n) is 3.69. The minimum absolute atomic E-state index is 0.397. The smallest absolute Gasteiger partial charge is 0.0525 e. The Kier molecular flexibility index (Phi) is 5.21. The van der Waals surface area contributed by atoms with E-state index in [4.69, 9.17) is 0 Å². The zero-order chi connectivity index (χ0) is 14.5. The van der Waals surface area contributed by atoms with E-state index < -0.39 is 0 Å². The van der Waals surface area contributed by atoms with Crippen molar-refractivity contribution in [1.82, 2.24) is 5.32 Å². The van der Waals surface area contributed by atoms with Gasteiger partial charge in [0.05, 0.1) is 6.54 Å². The molecule has 0 aliphatic carbocycles. The Balaban J connectivity index is 2.17. The van der Waals surface area contributed by atoms with Crippen molar-refractivity contribution >= 4 is 17.0 Å². The largest absolute Gasteiger partial charge is 0.364 e. The van der Waals surface area contributed by atoms with Gasteiger partial charge in [-0.15, -0.1) is 11.3 Å². The zero-order valence-electron chi connectivity index (χ0n) is 12.8. The van der Waals surface area contributed by atoms with Gasteiger partial charge in [-0.3, -0.25) is 0 Å². The van der Waals surface area contributed by atoms with Crippen molar-refractivity contribution in [3.05, 3.63) is 52.2 Å². The lowest BCUT2D eigenvalue weighted by atomic mass is 10.1. The highest BCUT2D eigenvalue weighted by Gasteiger charge is 2.12. The van der Waals surface area contributed by atoms with Crippen molar-refractivity contribution in [2.24, 2.45) is 0 Å². The molecule has 2 nitrogen and oxygen atoms in total. The monoisotopic (exact) mass is 288 g/mol. The van der Waals surface area contributed by atoms with Crippen LogP contribution in [0, 0.1) is 0 Å². The molecule has 3 heteroatoms. The quantitative estimate of drug-likeness (QED) is 0.845. The van der Waals surface area contributed by atoms with Crippen LogP contribution in [0.3, 0.4) is 0 Å². The van der Waals surface area contributed by atoms with Crippen molar-refractivity contribution in [2.45, 2.75) is 39.4 Å². The first-order valence-electron chi connectivity index (χ1n) is 7.18. The van der Waals surface area contributed by atoms with E-state index in [1.54, 1.807) is 0 Å². The van der Waals surface area contributed by atoms with Gasteiger partial charge in [0.2, 0.25) is 0 Å². The van der Waals surface area contributed by atoms with Crippen LogP contribution in [0.2, 0.25) is 0 Å². The summed E-state index contributed by atoms with van der Waals surface area (Å²) >= 11 is 1.82. The van der Waals surface area contributed by atoms with Crippen LogP contribution in [0.25, 0.3) is 0 Å². The minimum Gasteiger partial charge on any atom is -0.364 e. The molecule has 0 saturated carbocycles. The fourth-order valence-electron chi connectivity index (χ4n) is 2.26. The van der Waals surface area contributed by atoms with Crippen molar-refractivity contribution < 1.29 is 0 Å². The number of hydrogen-bond donors (Lipinski definition) is 1. The number of rotatable bonds is 6. The Morgan fingerprint density at radius 1 is 1.10 bits per heavy atom. The second-order valence-electron chi connectivity index (χ2n) is 5.40. The summed E-state index contributed by atoms with van der Waals surface area (Å²) in [6, 6.07) is 14.1. The molecule has 0 bridgehead atoms. The summed E-state index contributed by atoms with van der Waals surface area (Å²) in [5.74, 6) is 0. The number of benzene rings is 1. The molecule has 1 unspecified atom stereocenters. The third-order valence-corrected chi connectivity index (χ3v) is 4.55. The van der Waals surface area contributed by atoms with Gasteiger partial charge in [-0.1, -0.05) is 18.2 Å². The fraction of sp³-hybridized carbons (Fsp3) is 0.412. The molecule has 1 aromatic carbocycles. The lowest BCUT2D eigenvalue weighted by molar-refractivity contribution is 0.651. The maximum atomic E-state index is 3.28. The Hall–Kier alpha value is -1.32. The van der Waals surface area contributed by atoms with Crippen LogP contribution in [0.1, 0.15) is 37.3 Å². The first-order chi connectivity index (χ1) is 9.61. The summed E-state index contributed by atoms with van der Waals surface area (Å²) in [6.45, 7) is 7.66. The predicted molar refractivity (Wildman–Crippen MR) is 89.6 cm³/mol. The molecule has 2 rings (SSSR count). The molecule has 1 heterocycles. The normalized spacial score (nSPS) is 12.7. The summed E-state index contributed by atoms with van der Waals surface area (Å²) in [4.78, 5) is 3.85. The van der Waals surface area contributed by atoms with E-state index in [0.717, 1.165) is 6.54 Å². The minimum atomic E-state index is 0.397. The van der Waals surface area contributed by atoms with Crippen LogP contribution in [0.15, 0.2) is 41.8 Å². The zero-order valence-corrected chi connectivity index (χ0v) is 13.6. The van der Waals surface area contributed by atoms with E-state index in [9.17, 15) is 0 Å². The molecule has 108 valence electrons. The molecule has 0 fully saturated rings. The van der Waals surface area contributed by atoms with Crippen LogP contribution < -0.4 is 10.2 Å². The van der Waals surface area contributed by atoms with Crippen LogP contribution in [-0.4, -0.2) is 13.1 Å². The van der Waals surface area contributed by atoms with Crippen molar-refractivity contribution in [3.63, 3.8) is 0 Å². The van der Waals surface area contributed by atoms with Crippen LogP contribution in [-0.2, 0) is 6.54 Å². The molecule has 0 spiro atoms. The lowest BCUT2D eigenvalue weighted by Crippen LogP contribution is -2.29. The van der Waals surface area contributed by atoms with Gasteiger partial charge in [-0.2, -0.15) is 0 Å². The highest BCUT2D eigenvalue weighted by Crippen LogP contribution is 2.24. The van der Waals surface area contributed by atoms with E-state index in [1.807, 2.05) is 18.4 Å². The molecular formula is C17H24N2S. The number of nitrogens with one attached hydrogen (secondary N) is 1. The third kappa shape index (κ3) is 3.62. The van der Waals surface area contributed by atoms with Crippen molar-refractivity contribution in [3.8, 4) is 0 Å². The molecule has 0 saturated heterocycles. The predicted octanol–water partition coefficient (Wildman–Crippen LogP) is 4.44. The second-order valence-corrected chi connectivity index (χ2v) is 6.44.